The zero-order valence-electron chi connectivity index (χ0n) is 23.6. The molecule has 5 N–H and O–H groups in total. The molecule has 0 heterocycles. The highest BCUT2D eigenvalue weighted by molar-refractivity contribution is 6.01. The third kappa shape index (κ3) is 4.50. The lowest BCUT2D eigenvalue weighted by atomic mass is 9.67. The minimum Gasteiger partial charge on any atom is -0.478 e. The third-order valence-electron chi connectivity index (χ3n) is 8.06. The van der Waals surface area contributed by atoms with Gasteiger partial charge in [-0.15, -0.1) is 0 Å². The molecule has 6 heteroatoms. The van der Waals surface area contributed by atoms with Crippen molar-refractivity contribution in [3.8, 4) is 34.1 Å². The summed E-state index contributed by atoms with van der Waals surface area (Å²) in [5, 5.41) is 10.2. The van der Waals surface area contributed by atoms with Gasteiger partial charge in [0.2, 0.25) is 0 Å². The predicted octanol–water partition coefficient (Wildman–Crippen LogP) is 8.50. The van der Waals surface area contributed by atoms with E-state index in [1.165, 1.54) is 0 Å². The lowest BCUT2D eigenvalue weighted by molar-refractivity contribution is 0.0697. The summed E-state index contributed by atoms with van der Waals surface area (Å²) in [6, 6.07) is 44.0. The minimum atomic E-state index is -0.968. The van der Waals surface area contributed by atoms with Crippen LogP contribution < -0.4 is 20.9 Å². The molecule has 214 valence electrons. The second-order valence-electron chi connectivity index (χ2n) is 10.7. The maximum atomic E-state index is 12.5. The minimum absolute atomic E-state index is 0.264. The van der Waals surface area contributed by atoms with Crippen molar-refractivity contribution in [3.05, 3.63) is 167 Å². The first-order valence-electron chi connectivity index (χ1n) is 14.2. The molecule has 1 aliphatic carbocycles. The Morgan fingerprint density at radius 2 is 1.05 bits per heavy atom. The lowest BCUT2D eigenvalue weighted by Gasteiger charge is -2.34. The number of hydrogen-bond donors (Lipinski definition) is 3. The van der Waals surface area contributed by atoms with Crippen molar-refractivity contribution in [2.75, 3.05) is 11.5 Å². The monoisotopic (exact) mass is 576 g/mol. The van der Waals surface area contributed by atoms with E-state index in [0.717, 1.165) is 33.4 Å². The van der Waals surface area contributed by atoms with Crippen LogP contribution in [0.1, 0.15) is 32.6 Å². The Labute approximate surface area is 254 Å². The van der Waals surface area contributed by atoms with Crippen molar-refractivity contribution in [2.24, 2.45) is 0 Å². The van der Waals surface area contributed by atoms with Gasteiger partial charge in [-0.25, -0.2) is 4.79 Å². The topological polar surface area (TPSA) is 108 Å². The molecule has 0 radical (unpaired) electrons. The Morgan fingerprint density at radius 3 is 1.57 bits per heavy atom. The molecule has 0 spiro atoms. The molecule has 0 bridgehead atoms. The van der Waals surface area contributed by atoms with E-state index in [1.807, 2.05) is 115 Å². The zero-order chi connectivity index (χ0) is 30.3. The number of anilines is 2. The van der Waals surface area contributed by atoms with E-state index in [2.05, 4.69) is 6.07 Å². The van der Waals surface area contributed by atoms with Gasteiger partial charge in [0.25, 0.3) is 0 Å². The first-order chi connectivity index (χ1) is 21.4. The van der Waals surface area contributed by atoms with Gasteiger partial charge in [-0.3, -0.25) is 0 Å². The first kappa shape index (κ1) is 26.9. The largest absolute Gasteiger partial charge is 0.478 e. The number of ether oxygens (including phenoxy) is 2. The fourth-order valence-electron chi connectivity index (χ4n) is 6.27. The van der Waals surface area contributed by atoms with Crippen molar-refractivity contribution in [1.29, 1.82) is 0 Å². The summed E-state index contributed by atoms with van der Waals surface area (Å²) in [6.07, 6.45) is 0. The molecule has 0 saturated carbocycles. The molecule has 0 unspecified atom stereocenters. The molecule has 0 atom stereocenters. The Balaban J connectivity index is 1.40. The number of rotatable bonds is 7. The van der Waals surface area contributed by atoms with Gasteiger partial charge in [0, 0.05) is 29.1 Å². The van der Waals surface area contributed by atoms with Crippen LogP contribution in [0.3, 0.4) is 0 Å². The summed E-state index contributed by atoms with van der Waals surface area (Å²) in [4.78, 5) is 12.5. The van der Waals surface area contributed by atoms with E-state index in [0.29, 0.717) is 34.4 Å². The average Bonchev–Trinajstić information content (AvgIpc) is 3.33. The van der Waals surface area contributed by atoms with Crippen LogP contribution in [0.4, 0.5) is 11.4 Å². The molecule has 6 aromatic carbocycles. The number of nitrogens with two attached hydrogens (primary N) is 2. The van der Waals surface area contributed by atoms with Gasteiger partial charge in [0.05, 0.1) is 11.0 Å². The van der Waals surface area contributed by atoms with Gasteiger partial charge in [0.1, 0.15) is 23.0 Å². The van der Waals surface area contributed by atoms with Crippen molar-refractivity contribution in [3.63, 3.8) is 0 Å². The summed E-state index contributed by atoms with van der Waals surface area (Å²) in [7, 11) is 0. The van der Waals surface area contributed by atoms with E-state index < -0.39 is 11.4 Å². The molecule has 6 nitrogen and oxygen atoms in total. The van der Waals surface area contributed by atoms with Crippen molar-refractivity contribution >= 4 is 17.3 Å². The molecule has 0 fully saturated rings. The number of carboxylic acids is 1. The molecular weight excluding hydrogens is 548 g/mol. The normalized spacial score (nSPS) is 12.6. The van der Waals surface area contributed by atoms with Crippen LogP contribution in [0.5, 0.6) is 23.0 Å². The van der Waals surface area contributed by atoms with E-state index in [1.54, 1.807) is 18.2 Å². The summed E-state index contributed by atoms with van der Waals surface area (Å²) < 4.78 is 12.2. The molecule has 0 aromatic heterocycles. The fraction of sp³-hybridized carbons (Fsp3) is 0.0263. The van der Waals surface area contributed by atoms with Gasteiger partial charge in [-0.05, 0) is 82.4 Å². The van der Waals surface area contributed by atoms with Crippen molar-refractivity contribution in [1.82, 2.24) is 0 Å². The molecule has 44 heavy (non-hydrogen) atoms. The summed E-state index contributed by atoms with van der Waals surface area (Å²) in [5.74, 6) is 1.64. The van der Waals surface area contributed by atoms with E-state index in [4.69, 9.17) is 20.9 Å². The summed E-state index contributed by atoms with van der Waals surface area (Å²) in [6.45, 7) is 0. The number of carboxylic acid groups (broad SMARTS) is 1. The van der Waals surface area contributed by atoms with Gasteiger partial charge >= 0.3 is 5.97 Å². The lowest BCUT2D eigenvalue weighted by Crippen LogP contribution is -2.28. The highest BCUT2D eigenvalue weighted by Gasteiger charge is 2.47. The van der Waals surface area contributed by atoms with Gasteiger partial charge in [-0.2, -0.15) is 0 Å². The Morgan fingerprint density at radius 1 is 0.545 bits per heavy atom. The van der Waals surface area contributed by atoms with Crippen LogP contribution in [-0.2, 0) is 5.41 Å². The van der Waals surface area contributed by atoms with Crippen molar-refractivity contribution < 1.29 is 19.4 Å². The van der Waals surface area contributed by atoms with Gasteiger partial charge in [0.15, 0.2) is 0 Å². The average molecular weight is 577 g/mol. The molecule has 7 rings (SSSR count). The maximum absolute atomic E-state index is 12.5. The number of benzene rings is 6. The third-order valence-corrected chi connectivity index (χ3v) is 8.06. The number of aromatic carboxylic acids is 1. The molecule has 1 aliphatic rings. The van der Waals surface area contributed by atoms with Crippen LogP contribution in [0, 0.1) is 0 Å². The first-order valence-corrected chi connectivity index (χ1v) is 14.2. The molecule has 0 aliphatic heterocycles. The number of nitrogen functional groups attached to an aromatic ring is 2. The SMILES string of the molecule is Nc1cccc(Oc2ccc(C3(c4ccc(Oc5cccc(N)c5)cc4)c4ccccc4-c4c(C(=O)O)cccc43)cc2)c1. The van der Waals surface area contributed by atoms with Crippen LogP contribution in [0.25, 0.3) is 11.1 Å². The second-order valence-corrected chi connectivity index (χ2v) is 10.7. The van der Waals surface area contributed by atoms with Crippen molar-refractivity contribution in [2.45, 2.75) is 5.41 Å². The molecule has 0 amide bonds. The Hall–Kier alpha value is -6.01. The Bertz CT molecular complexity index is 1930. The number of carbonyl (C=O) groups is 1. The van der Waals surface area contributed by atoms with Gasteiger partial charge < -0.3 is 26.0 Å². The highest BCUT2D eigenvalue weighted by atomic mass is 16.5. The standard InChI is InChI=1S/C38H28N2O4/c39-26-6-3-8-30(22-26)43-28-18-14-24(15-19-28)38(25-16-20-29(21-17-25)44-31-9-4-7-27(40)23-31)34-12-2-1-10-32(34)36-33(37(41)42)11-5-13-35(36)38/h1-23H,39-40H2,(H,41,42). The van der Waals surface area contributed by atoms with E-state index in [-0.39, 0.29) is 5.56 Å². The smallest absolute Gasteiger partial charge is 0.336 e. The molecular formula is C38H28N2O4. The number of hydrogen-bond acceptors (Lipinski definition) is 5. The zero-order valence-corrected chi connectivity index (χ0v) is 23.6. The van der Waals surface area contributed by atoms with E-state index in [9.17, 15) is 9.90 Å². The molecule has 6 aromatic rings. The second kappa shape index (κ2) is 10.7. The molecule has 0 saturated heterocycles. The highest BCUT2D eigenvalue weighted by Crippen LogP contribution is 2.57. The van der Waals surface area contributed by atoms with Crippen LogP contribution >= 0.6 is 0 Å². The number of fused-ring (bicyclic) bond motifs is 3. The van der Waals surface area contributed by atoms with Crippen LogP contribution in [0.2, 0.25) is 0 Å². The van der Waals surface area contributed by atoms with Crippen LogP contribution in [0.15, 0.2) is 140 Å². The summed E-state index contributed by atoms with van der Waals surface area (Å²) >= 11 is 0. The van der Waals surface area contributed by atoms with E-state index >= 15 is 0 Å². The summed E-state index contributed by atoms with van der Waals surface area (Å²) in [5.41, 5.74) is 18.0. The Kier molecular flexibility index (Phi) is 6.52. The van der Waals surface area contributed by atoms with Gasteiger partial charge in [-0.1, -0.05) is 72.8 Å². The maximum Gasteiger partial charge on any atom is 0.336 e. The fourth-order valence-corrected chi connectivity index (χ4v) is 6.27. The van der Waals surface area contributed by atoms with Crippen LogP contribution in [-0.4, -0.2) is 11.1 Å². The predicted molar refractivity (Wildman–Crippen MR) is 173 cm³/mol. The quantitative estimate of drug-likeness (QED) is 0.164.